The Labute approximate surface area is 221 Å². The first-order valence-electron chi connectivity index (χ1n) is 12.9. The minimum absolute atomic E-state index is 0.0524. The van der Waals surface area contributed by atoms with E-state index in [1.807, 2.05) is 12.1 Å². The molecule has 0 heterocycles. The zero-order valence-corrected chi connectivity index (χ0v) is 23.4. The molecule has 0 unspecified atom stereocenters. The van der Waals surface area contributed by atoms with E-state index in [1.54, 1.807) is 0 Å². The van der Waals surface area contributed by atoms with Gasteiger partial charge in [-0.15, -0.1) is 0 Å². The van der Waals surface area contributed by atoms with Gasteiger partial charge in [0.15, 0.2) is 0 Å². The standard InChI is InChI=1S/C34H35NOSi/c1-34(2,3)37(4,5)36-33-29-19-13-12-18-28(29)32(35)30(26-16-10-7-11-17-26)31(33)27-22-20-25(21-23-27)24-14-8-6-9-15-24/h6-23H,35H2,1-5H3. The van der Waals surface area contributed by atoms with Crippen LogP contribution in [0.25, 0.3) is 44.2 Å². The Hall–Kier alpha value is -3.82. The summed E-state index contributed by atoms with van der Waals surface area (Å²) in [6.45, 7) is 11.5. The fourth-order valence-electron chi connectivity index (χ4n) is 4.59. The molecule has 0 saturated heterocycles. The Morgan fingerprint density at radius 1 is 0.541 bits per heavy atom. The van der Waals surface area contributed by atoms with Gasteiger partial charge >= 0.3 is 0 Å². The predicted octanol–water partition coefficient (Wildman–Crippen LogP) is 9.81. The van der Waals surface area contributed by atoms with Crippen LogP contribution in [0.4, 0.5) is 5.69 Å². The number of nitrogens with two attached hydrogens (primary N) is 1. The average molecular weight is 502 g/mol. The molecule has 0 aliphatic carbocycles. The van der Waals surface area contributed by atoms with E-state index >= 15 is 0 Å². The molecule has 0 bridgehead atoms. The van der Waals surface area contributed by atoms with E-state index in [2.05, 4.69) is 131 Å². The van der Waals surface area contributed by atoms with Crippen LogP contribution in [0.3, 0.4) is 0 Å². The van der Waals surface area contributed by atoms with Crippen molar-refractivity contribution in [2.24, 2.45) is 0 Å². The Balaban J connectivity index is 1.83. The summed E-state index contributed by atoms with van der Waals surface area (Å²) in [5.41, 5.74) is 14.4. The summed E-state index contributed by atoms with van der Waals surface area (Å²) in [5, 5.41) is 2.14. The highest BCUT2D eigenvalue weighted by Gasteiger charge is 2.40. The van der Waals surface area contributed by atoms with Crippen LogP contribution in [0.15, 0.2) is 109 Å². The highest BCUT2D eigenvalue weighted by molar-refractivity contribution is 6.75. The van der Waals surface area contributed by atoms with Gasteiger partial charge in [0.25, 0.3) is 8.32 Å². The van der Waals surface area contributed by atoms with Crippen LogP contribution in [0.2, 0.25) is 18.1 Å². The van der Waals surface area contributed by atoms with Crippen LogP contribution in [0.1, 0.15) is 20.8 Å². The molecule has 0 radical (unpaired) electrons. The van der Waals surface area contributed by atoms with E-state index in [0.717, 1.165) is 44.5 Å². The molecule has 3 heteroatoms. The Morgan fingerprint density at radius 2 is 0.973 bits per heavy atom. The van der Waals surface area contributed by atoms with Crippen molar-refractivity contribution in [3.8, 4) is 39.1 Å². The summed E-state index contributed by atoms with van der Waals surface area (Å²) in [7, 11) is -2.17. The van der Waals surface area contributed by atoms with E-state index in [9.17, 15) is 0 Å². The molecule has 5 aromatic carbocycles. The second kappa shape index (κ2) is 9.57. The number of hydrogen-bond acceptors (Lipinski definition) is 2. The fourth-order valence-corrected chi connectivity index (χ4v) is 5.62. The van der Waals surface area contributed by atoms with Crippen molar-refractivity contribution >= 4 is 24.8 Å². The number of anilines is 1. The van der Waals surface area contributed by atoms with Gasteiger partial charge < -0.3 is 10.2 Å². The van der Waals surface area contributed by atoms with E-state index in [4.69, 9.17) is 10.2 Å². The summed E-state index contributed by atoms with van der Waals surface area (Å²) >= 11 is 0. The summed E-state index contributed by atoms with van der Waals surface area (Å²) in [6.07, 6.45) is 0. The van der Waals surface area contributed by atoms with Crippen molar-refractivity contribution in [2.75, 3.05) is 5.73 Å². The lowest BCUT2D eigenvalue weighted by atomic mass is 9.88. The fraction of sp³-hybridized carbons (Fsp3) is 0.176. The minimum Gasteiger partial charge on any atom is -0.543 e. The molecule has 0 aliphatic heterocycles. The number of nitrogen functional groups attached to an aromatic ring is 1. The lowest BCUT2D eigenvalue weighted by Gasteiger charge is -2.38. The number of benzene rings is 5. The molecule has 5 rings (SSSR count). The maximum absolute atomic E-state index is 7.18. The van der Waals surface area contributed by atoms with Crippen molar-refractivity contribution < 1.29 is 4.43 Å². The third-order valence-corrected chi connectivity index (χ3v) is 12.0. The molecule has 0 saturated carbocycles. The highest BCUT2D eigenvalue weighted by Crippen LogP contribution is 2.51. The van der Waals surface area contributed by atoms with Gasteiger partial charge in [-0.2, -0.15) is 0 Å². The molecule has 186 valence electrons. The Morgan fingerprint density at radius 3 is 1.54 bits per heavy atom. The van der Waals surface area contributed by atoms with Crippen LogP contribution < -0.4 is 10.2 Å². The van der Waals surface area contributed by atoms with E-state index in [0.29, 0.717) is 0 Å². The minimum atomic E-state index is -2.17. The van der Waals surface area contributed by atoms with Gasteiger partial charge in [-0.3, -0.25) is 0 Å². The van der Waals surface area contributed by atoms with Gasteiger partial charge in [0, 0.05) is 27.6 Å². The summed E-state index contributed by atoms with van der Waals surface area (Å²) in [6, 6.07) is 38.1. The molecule has 5 aromatic rings. The molecule has 0 atom stereocenters. The van der Waals surface area contributed by atoms with Gasteiger partial charge in [-0.1, -0.05) is 130 Å². The van der Waals surface area contributed by atoms with Crippen molar-refractivity contribution in [3.63, 3.8) is 0 Å². The number of fused-ring (bicyclic) bond motifs is 1. The van der Waals surface area contributed by atoms with Gasteiger partial charge in [0.2, 0.25) is 0 Å². The Kier molecular flexibility index (Phi) is 6.43. The second-order valence-electron chi connectivity index (χ2n) is 11.2. The zero-order chi connectivity index (χ0) is 26.2. The molecular weight excluding hydrogens is 466 g/mol. The molecule has 0 aromatic heterocycles. The number of rotatable bonds is 5. The first-order valence-corrected chi connectivity index (χ1v) is 15.8. The maximum atomic E-state index is 7.18. The maximum Gasteiger partial charge on any atom is 0.250 e. The zero-order valence-electron chi connectivity index (χ0n) is 22.4. The van der Waals surface area contributed by atoms with Crippen LogP contribution in [-0.2, 0) is 0 Å². The first-order chi connectivity index (χ1) is 17.7. The lowest BCUT2D eigenvalue weighted by Crippen LogP contribution is -2.44. The molecule has 0 spiro atoms. The van der Waals surface area contributed by atoms with Crippen LogP contribution >= 0.6 is 0 Å². The van der Waals surface area contributed by atoms with Gasteiger partial charge in [0.05, 0.1) is 0 Å². The van der Waals surface area contributed by atoms with Crippen molar-refractivity contribution in [1.82, 2.24) is 0 Å². The van der Waals surface area contributed by atoms with E-state index < -0.39 is 8.32 Å². The average Bonchev–Trinajstić information content (AvgIpc) is 2.90. The molecule has 0 aliphatic rings. The molecule has 2 N–H and O–H groups in total. The third-order valence-electron chi connectivity index (χ3n) is 7.71. The number of hydrogen-bond donors (Lipinski definition) is 1. The SMILES string of the molecule is CC(C)(C)[Si](C)(C)Oc1c(-c2ccc(-c3ccccc3)cc2)c(-c2ccccc2)c(N)c2ccccc12. The lowest BCUT2D eigenvalue weighted by molar-refractivity contribution is 0.498. The van der Waals surface area contributed by atoms with Crippen molar-refractivity contribution in [3.05, 3.63) is 109 Å². The molecule has 2 nitrogen and oxygen atoms in total. The van der Waals surface area contributed by atoms with Crippen molar-refractivity contribution in [2.45, 2.75) is 38.9 Å². The molecule has 37 heavy (non-hydrogen) atoms. The molecular formula is C34H35NOSi. The smallest absolute Gasteiger partial charge is 0.250 e. The van der Waals surface area contributed by atoms with Gasteiger partial charge in [-0.25, -0.2) is 0 Å². The summed E-state index contributed by atoms with van der Waals surface area (Å²) in [4.78, 5) is 0. The van der Waals surface area contributed by atoms with Crippen LogP contribution in [-0.4, -0.2) is 8.32 Å². The Bertz CT molecular complexity index is 1530. The summed E-state index contributed by atoms with van der Waals surface area (Å²) < 4.78 is 7.18. The topological polar surface area (TPSA) is 35.2 Å². The quantitative estimate of drug-likeness (QED) is 0.192. The second-order valence-corrected chi connectivity index (χ2v) is 15.9. The van der Waals surface area contributed by atoms with Gasteiger partial charge in [-0.05, 0) is 40.4 Å². The van der Waals surface area contributed by atoms with Gasteiger partial charge in [0.1, 0.15) is 5.75 Å². The van der Waals surface area contributed by atoms with Crippen LogP contribution in [0.5, 0.6) is 5.75 Å². The largest absolute Gasteiger partial charge is 0.543 e. The predicted molar refractivity (Wildman–Crippen MR) is 162 cm³/mol. The van der Waals surface area contributed by atoms with Crippen LogP contribution in [0, 0.1) is 0 Å². The van der Waals surface area contributed by atoms with Crippen molar-refractivity contribution in [1.29, 1.82) is 0 Å². The normalized spacial score (nSPS) is 12.0. The van der Waals surface area contributed by atoms with E-state index in [1.165, 1.54) is 11.1 Å². The monoisotopic (exact) mass is 501 g/mol. The molecule has 0 amide bonds. The first kappa shape index (κ1) is 24.9. The summed E-state index contributed by atoms with van der Waals surface area (Å²) in [5.74, 6) is 0.933. The third kappa shape index (κ3) is 4.67. The molecule has 0 fully saturated rings. The highest BCUT2D eigenvalue weighted by atomic mass is 28.4. The van der Waals surface area contributed by atoms with E-state index in [-0.39, 0.29) is 5.04 Å².